The zero-order chi connectivity index (χ0) is 21.8. The van der Waals surface area contributed by atoms with Gasteiger partial charge in [0, 0.05) is 30.3 Å². The Labute approximate surface area is 183 Å². The smallest absolute Gasteiger partial charge is 0.272 e. The van der Waals surface area contributed by atoms with Gasteiger partial charge in [-0.3, -0.25) is 4.79 Å². The summed E-state index contributed by atoms with van der Waals surface area (Å²) in [5.74, 6) is 1.28. The van der Waals surface area contributed by atoms with E-state index < -0.39 is 0 Å². The molecule has 3 aliphatic rings. The summed E-state index contributed by atoms with van der Waals surface area (Å²) in [5.41, 5.74) is 7.75. The highest BCUT2D eigenvalue weighted by molar-refractivity contribution is 5.92. The summed E-state index contributed by atoms with van der Waals surface area (Å²) < 4.78 is 12.9. The fourth-order valence-electron chi connectivity index (χ4n) is 5.50. The average Bonchev–Trinajstić information content (AvgIpc) is 2.73. The molecule has 2 aromatic rings. The lowest BCUT2D eigenvalue weighted by molar-refractivity contribution is -0.173. The summed E-state index contributed by atoms with van der Waals surface area (Å²) in [7, 11) is 0. The monoisotopic (exact) mass is 422 g/mol. The van der Waals surface area contributed by atoms with E-state index in [4.69, 9.17) is 15.2 Å². The van der Waals surface area contributed by atoms with Gasteiger partial charge >= 0.3 is 0 Å². The van der Waals surface area contributed by atoms with Crippen molar-refractivity contribution in [2.45, 2.75) is 51.7 Å². The minimum Gasteiger partial charge on any atom is -0.487 e. The predicted octanol–water partition coefficient (Wildman–Crippen LogP) is 3.54. The maximum atomic E-state index is 13.0. The van der Waals surface area contributed by atoms with Crippen molar-refractivity contribution in [3.63, 3.8) is 0 Å². The number of para-hydroxylation sites is 1. The number of aromatic nitrogens is 2. The molecule has 2 N–H and O–H groups in total. The van der Waals surface area contributed by atoms with Crippen LogP contribution in [-0.4, -0.2) is 46.1 Å². The van der Waals surface area contributed by atoms with Gasteiger partial charge in [0.2, 0.25) is 5.95 Å². The molecule has 0 aliphatic carbocycles. The number of fused-ring (bicyclic) bond motifs is 3. The van der Waals surface area contributed by atoms with Crippen molar-refractivity contribution in [3.05, 3.63) is 47.3 Å². The van der Waals surface area contributed by atoms with Crippen LogP contribution in [0.2, 0.25) is 0 Å². The highest BCUT2D eigenvalue weighted by Crippen LogP contribution is 2.55. The van der Waals surface area contributed by atoms with Crippen molar-refractivity contribution in [2.75, 3.05) is 25.4 Å². The van der Waals surface area contributed by atoms with Crippen LogP contribution in [-0.2, 0) is 4.74 Å². The summed E-state index contributed by atoms with van der Waals surface area (Å²) in [6.07, 6.45) is 2.94. The first-order valence-electron chi connectivity index (χ1n) is 11.1. The average molecular weight is 423 g/mol. The van der Waals surface area contributed by atoms with Crippen molar-refractivity contribution >= 4 is 11.9 Å². The third-order valence-electron chi connectivity index (χ3n) is 7.28. The first kappa shape index (κ1) is 20.2. The quantitative estimate of drug-likeness (QED) is 0.756. The molecule has 1 spiro atoms. The van der Waals surface area contributed by atoms with E-state index in [1.807, 2.05) is 24.0 Å². The summed E-state index contributed by atoms with van der Waals surface area (Å²) in [4.78, 5) is 23.1. The Morgan fingerprint density at radius 1 is 1.19 bits per heavy atom. The molecule has 0 bridgehead atoms. The number of piperidine rings is 1. The second kappa shape index (κ2) is 7.19. The SMILES string of the molecule is Cc1cc(C(=O)N2CCC3(CC2)CO[C@@H]2c4ccccc4OC(C)(C)[C@H]2C3)nc(N)n1. The molecule has 5 rings (SSSR count). The molecule has 2 fully saturated rings. The Kier molecular flexibility index (Phi) is 4.70. The first-order chi connectivity index (χ1) is 14.8. The standard InChI is InChI=1S/C24H30N4O3/c1-15-12-18(27-22(25)26-15)21(29)28-10-8-24(9-11-28)13-17-20(30-14-24)16-6-4-5-7-19(16)31-23(17,2)3/h4-7,12,17,20H,8-11,13-14H2,1-3H3,(H2,25,26,27)/t17-,20+/m0/s1. The van der Waals surface area contributed by atoms with E-state index in [1.165, 1.54) is 0 Å². The van der Waals surface area contributed by atoms with Gasteiger partial charge in [-0.05, 0) is 57.6 Å². The molecule has 1 aromatic carbocycles. The van der Waals surface area contributed by atoms with Crippen LogP contribution in [0.15, 0.2) is 30.3 Å². The van der Waals surface area contributed by atoms with Crippen molar-refractivity contribution < 1.29 is 14.3 Å². The number of hydrogen-bond acceptors (Lipinski definition) is 6. The zero-order valence-corrected chi connectivity index (χ0v) is 18.4. The fourth-order valence-corrected chi connectivity index (χ4v) is 5.50. The van der Waals surface area contributed by atoms with Crippen LogP contribution in [0.4, 0.5) is 5.95 Å². The van der Waals surface area contributed by atoms with Crippen molar-refractivity contribution in [3.8, 4) is 5.75 Å². The topological polar surface area (TPSA) is 90.6 Å². The van der Waals surface area contributed by atoms with E-state index in [-0.39, 0.29) is 34.9 Å². The van der Waals surface area contributed by atoms with Gasteiger partial charge in [-0.25, -0.2) is 9.97 Å². The number of carbonyl (C=O) groups is 1. The van der Waals surface area contributed by atoms with Gasteiger partial charge in [0.1, 0.15) is 17.0 Å². The summed E-state index contributed by atoms with van der Waals surface area (Å²) in [6, 6.07) is 9.93. The van der Waals surface area contributed by atoms with E-state index >= 15 is 0 Å². The van der Waals surface area contributed by atoms with Crippen LogP contribution < -0.4 is 10.5 Å². The molecule has 0 radical (unpaired) electrons. The molecular formula is C24H30N4O3. The molecule has 2 saturated heterocycles. The summed E-state index contributed by atoms with van der Waals surface area (Å²) in [5, 5.41) is 0. The number of rotatable bonds is 1. The van der Waals surface area contributed by atoms with Crippen LogP contribution in [0.1, 0.15) is 61.0 Å². The third kappa shape index (κ3) is 3.55. The number of ether oxygens (including phenoxy) is 2. The lowest BCUT2D eigenvalue weighted by Crippen LogP contribution is -2.54. The molecular weight excluding hydrogens is 392 g/mol. The number of anilines is 1. The maximum Gasteiger partial charge on any atom is 0.272 e. The molecule has 3 aliphatic heterocycles. The Hall–Kier alpha value is -2.67. The Morgan fingerprint density at radius 2 is 1.94 bits per heavy atom. The van der Waals surface area contributed by atoms with Crippen LogP contribution >= 0.6 is 0 Å². The predicted molar refractivity (Wildman–Crippen MR) is 117 cm³/mol. The highest BCUT2D eigenvalue weighted by Gasteiger charge is 2.52. The first-order valence-corrected chi connectivity index (χ1v) is 11.1. The van der Waals surface area contributed by atoms with E-state index in [0.717, 1.165) is 37.2 Å². The zero-order valence-electron chi connectivity index (χ0n) is 18.4. The molecule has 0 saturated carbocycles. The normalized spacial score (nSPS) is 26.0. The van der Waals surface area contributed by atoms with Gasteiger partial charge in [-0.15, -0.1) is 0 Å². The molecule has 2 atom stereocenters. The Bertz CT molecular complexity index is 993. The largest absolute Gasteiger partial charge is 0.487 e. The van der Waals surface area contributed by atoms with Crippen LogP contribution in [0, 0.1) is 18.3 Å². The number of nitrogens with two attached hydrogens (primary N) is 1. The van der Waals surface area contributed by atoms with Crippen molar-refractivity contribution in [1.82, 2.24) is 14.9 Å². The third-order valence-corrected chi connectivity index (χ3v) is 7.28. The fraction of sp³-hybridized carbons (Fsp3) is 0.542. The minimum absolute atomic E-state index is 0.0669. The van der Waals surface area contributed by atoms with Crippen molar-refractivity contribution in [2.24, 2.45) is 11.3 Å². The van der Waals surface area contributed by atoms with Crippen LogP contribution in [0.3, 0.4) is 0 Å². The minimum atomic E-state index is -0.296. The molecule has 7 nitrogen and oxygen atoms in total. The summed E-state index contributed by atoms with van der Waals surface area (Å²) in [6.45, 7) is 8.27. The molecule has 31 heavy (non-hydrogen) atoms. The lowest BCUT2D eigenvalue weighted by atomic mass is 9.64. The van der Waals surface area contributed by atoms with Crippen LogP contribution in [0.25, 0.3) is 0 Å². The number of hydrogen-bond donors (Lipinski definition) is 1. The number of aryl methyl sites for hydroxylation is 1. The second-order valence-corrected chi connectivity index (χ2v) is 9.83. The number of amides is 1. The van der Waals surface area contributed by atoms with Gasteiger partial charge in [0.15, 0.2) is 0 Å². The second-order valence-electron chi connectivity index (χ2n) is 9.83. The van der Waals surface area contributed by atoms with Gasteiger partial charge < -0.3 is 20.1 Å². The maximum absolute atomic E-state index is 13.0. The molecule has 1 amide bonds. The van der Waals surface area contributed by atoms with E-state index in [1.54, 1.807) is 6.07 Å². The van der Waals surface area contributed by atoms with E-state index in [0.29, 0.717) is 24.5 Å². The molecule has 7 heteroatoms. The lowest BCUT2D eigenvalue weighted by Gasteiger charge is -2.54. The summed E-state index contributed by atoms with van der Waals surface area (Å²) >= 11 is 0. The van der Waals surface area contributed by atoms with Gasteiger partial charge in [0.25, 0.3) is 5.91 Å². The molecule has 4 heterocycles. The Morgan fingerprint density at radius 3 is 2.68 bits per heavy atom. The van der Waals surface area contributed by atoms with Crippen LogP contribution in [0.5, 0.6) is 5.75 Å². The highest BCUT2D eigenvalue weighted by atomic mass is 16.5. The number of nitrogens with zero attached hydrogens (tertiary/aromatic N) is 3. The molecule has 164 valence electrons. The van der Waals surface area contributed by atoms with Gasteiger partial charge in [-0.1, -0.05) is 18.2 Å². The van der Waals surface area contributed by atoms with E-state index in [2.05, 4.69) is 35.9 Å². The number of benzene rings is 1. The van der Waals surface area contributed by atoms with Gasteiger partial charge in [-0.2, -0.15) is 0 Å². The van der Waals surface area contributed by atoms with Gasteiger partial charge in [0.05, 0.1) is 12.7 Å². The Balaban J connectivity index is 1.31. The number of likely N-dealkylation sites (tertiary alicyclic amines) is 1. The molecule has 1 aromatic heterocycles. The number of carbonyl (C=O) groups excluding carboxylic acids is 1. The number of nitrogen functional groups attached to an aromatic ring is 1. The molecule has 0 unspecified atom stereocenters. The van der Waals surface area contributed by atoms with E-state index in [9.17, 15) is 4.79 Å². The van der Waals surface area contributed by atoms with Crippen molar-refractivity contribution in [1.29, 1.82) is 0 Å².